The number of carbonyl (C=O) groups excluding carboxylic acids is 1. The first-order valence-electron chi connectivity index (χ1n) is 7.06. The van der Waals surface area contributed by atoms with Crippen LogP contribution in [0.5, 0.6) is 5.75 Å². The Balaban J connectivity index is 2.08. The van der Waals surface area contributed by atoms with Crippen LogP contribution in [0.4, 0.5) is 0 Å². The summed E-state index contributed by atoms with van der Waals surface area (Å²) in [6, 6.07) is 13.5. The van der Waals surface area contributed by atoms with Crippen LogP contribution in [0.1, 0.15) is 27.9 Å². The van der Waals surface area contributed by atoms with Gasteiger partial charge in [-0.1, -0.05) is 42.0 Å². The number of carboxylic acids is 1. The lowest BCUT2D eigenvalue weighted by atomic mass is 9.92. The first kappa shape index (κ1) is 15.8. The van der Waals surface area contributed by atoms with Gasteiger partial charge in [0, 0.05) is 12.0 Å². The smallest absolute Gasteiger partial charge is 0.307 e. The summed E-state index contributed by atoms with van der Waals surface area (Å²) in [5.74, 6) is -1.82. The van der Waals surface area contributed by atoms with Crippen molar-refractivity contribution in [2.45, 2.75) is 19.8 Å². The van der Waals surface area contributed by atoms with Crippen molar-refractivity contribution >= 4 is 11.8 Å². The minimum absolute atomic E-state index is 0.0424. The lowest BCUT2D eigenvalue weighted by Crippen LogP contribution is -2.20. The van der Waals surface area contributed by atoms with Gasteiger partial charge in [-0.2, -0.15) is 0 Å². The molecule has 0 saturated heterocycles. The number of hydrogen-bond acceptors (Lipinski definition) is 3. The zero-order valence-electron chi connectivity index (χ0n) is 12.3. The fourth-order valence-corrected chi connectivity index (χ4v) is 2.24. The average Bonchev–Trinajstić information content (AvgIpc) is 2.49. The molecular formula is C18H18O4. The molecule has 0 fully saturated rings. The molecule has 2 rings (SSSR count). The largest absolute Gasteiger partial charge is 0.508 e. The van der Waals surface area contributed by atoms with E-state index in [1.807, 2.05) is 19.1 Å². The molecule has 0 radical (unpaired) electrons. The van der Waals surface area contributed by atoms with Crippen molar-refractivity contribution in [2.24, 2.45) is 5.92 Å². The van der Waals surface area contributed by atoms with Crippen LogP contribution in [0.2, 0.25) is 0 Å². The number of benzene rings is 2. The molecule has 22 heavy (non-hydrogen) atoms. The molecule has 2 aromatic carbocycles. The number of aromatic hydroxyl groups is 1. The minimum atomic E-state index is -0.992. The van der Waals surface area contributed by atoms with Crippen LogP contribution in [-0.2, 0) is 11.2 Å². The molecule has 0 heterocycles. The fourth-order valence-electron chi connectivity index (χ4n) is 2.24. The lowest BCUT2D eigenvalue weighted by Gasteiger charge is -2.12. The Kier molecular flexibility index (Phi) is 4.94. The molecule has 0 saturated carbocycles. The minimum Gasteiger partial charge on any atom is -0.508 e. The van der Waals surface area contributed by atoms with E-state index in [0.29, 0.717) is 5.56 Å². The van der Waals surface area contributed by atoms with Gasteiger partial charge in [0.2, 0.25) is 0 Å². The van der Waals surface area contributed by atoms with Gasteiger partial charge in [0.1, 0.15) is 5.75 Å². The highest BCUT2D eigenvalue weighted by Gasteiger charge is 2.22. The van der Waals surface area contributed by atoms with Crippen LogP contribution in [-0.4, -0.2) is 22.0 Å². The van der Waals surface area contributed by atoms with Crippen LogP contribution < -0.4 is 0 Å². The molecule has 4 heteroatoms. The monoisotopic (exact) mass is 298 g/mol. The van der Waals surface area contributed by atoms with Crippen LogP contribution in [0.3, 0.4) is 0 Å². The first-order chi connectivity index (χ1) is 10.5. The normalized spacial score (nSPS) is 11.9. The van der Waals surface area contributed by atoms with E-state index in [2.05, 4.69) is 0 Å². The standard InChI is InChI=1S/C18H18O4/c1-12-2-6-14(7-3-12)17(20)11-15(18(21)22)10-13-4-8-16(19)9-5-13/h2-9,15,19H,10-11H2,1H3,(H,21,22). The van der Waals surface area contributed by atoms with Crippen molar-refractivity contribution in [3.63, 3.8) is 0 Å². The Labute approximate surface area is 129 Å². The molecular weight excluding hydrogens is 280 g/mol. The van der Waals surface area contributed by atoms with Crippen molar-refractivity contribution in [1.82, 2.24) is 0 Å². The molecule has 0 aliphatic carbocycles. The Morgan fingerprint density at radius 2 is 1.59 bits per heavy atom. The molecule has 1 unspecified atom stereocenters. The summed E-state index contributed by atoms with van der Waals surface area (Å²) in [5, 5.41) is 18.6. The second-order valence-electron chi connectivity index (χ2n) is 5.40. The highest BCUT2D eigenvalue weighted by Crippen LogP contribution is 2.18. The van der Waals surface area contributed by atoms with Crippen LogP contribution in [0.25, 0.3) is 0 Å². The summed E-state index contributed by atoms with van der Waals surface area (Å²) in [5.41, 5.74) is 2.36. The lowest BCUT2D eigenvalue weighted by molar-refractivity contribution is -0.141. The number of hydrogen-bond donors (Lipinski definition) is 2. The Morgan fingerprint density at radius 3 is 2.14 bits per heavy atom. The summed E-state index contributed by atoms with van der Waals surface area (Å²) in [6.45, 7) is 1.93. The van der Waals surface area contributed by atoms with Crippen molar-refractivity contribution in [3.8, 4) is 5.75 Å². The van der Waals surface area contributed by atoms with Gasteiger partial charge in [0.05, 0.1) is 5.92 Å². The van der Waals surface area contributed by atoms with Gasteiger partial charge >= 0.3 is 5.97 Å². The molecule has 0 aromatic heterocycles. The third-order valence-electron chi connectivity index (χ3n) is 3.57. The number of carbonyl (C=O) groups is 2. The van der Waals surface area contributed by atoms with E-state index in [0.717, 1.165) is 11.1 Å². The average molecular weight is 298 g/mol. The summed E-state index contributed by atoms with van der Waals surface area (Å²) in [7, 11) is 0. The number of phenols is 1. The first-order valence-corrected chi connectivity index (χ1v) is 7.06. The Hall–Kier alpha value is -2.62. The van der Waals surface area contributed by atoms with Gasteiger partial charge in [-0.3, -0.25) is 9.59 Å². The van der Waals surface area contributed by atoms with E-state index in [1.165, 1.54) is 12.1 Å². The number of ketones is 1. The van der Waals surface area contributed by atoms with E-state index < -0.39 is 11.9 Å². The number of aryl methyl sites for hydroxylation is 1. The molecule has 0 aliphatic rings. The Morgan fingerprint density at radius 1 is 1.00 bits per heavy atom. The zero-order chi connectivity index (χ0) is 16.1. The van der Waals surface area contributed by atoms with E-state index >= 15 is 0 Å². The summed E-state index contributed by atoms with van der Waals surface area (Å²) in [4.78, 5) is 23.6. The predicted octanol–water partition coefficient (Wildman–Crippen LogP) is 3.22. The van der Waals surface area contributed by atoms with E-state index in [1.54, 1.807) is 24.3 Å². The third kappa shape index (κ3) is 4.19. The van der Waals surface area contributed by atoms with Crippen molar-refractivity contribution < 1.29 is 19.8 Å². The molecule has 2 N–H and O–H groups in total. The van der Waals surface area contributed by atoms with Crippen LogP contribution in [0, 0.1) is 12.8 Å². The summed E-state index contributed by atoms with van der Waals surface area (Å²) in [6.07, 6.45) is 0.215. The number of carboxylic acid groups (broad SMARTS) is 1. The van der Waals surface area contributed by atoms with E-state index in [-0.39, 0.29) is 24.4 Å². The van der Waals surface area contributed by atoms with Gasteiger partial charge in [-0.05, 0) is 31.0 Å². The summed E-state index contributed by atoms with van der Waals surface area (Å²) < 4.78 is 0. The topological polar surface area (TPSA) is 74.6 Å². The number of phenolic OH excluding ortho intramolecular Hbond substituents is 1. The van der Waals surface area contributed by atoms with Crippen molar-refractivity contribution in [1.29, 1.82) is 0 Å². The van der Waals surface area contributed by atoms with Gasteiger partial charge in [-0.15, -0.1) is 0 Å². The zero-order valence-corrected chi connectivity index (χ0v) is 12.3. The molecule has 1 atom stereocenters. The van der Waals surface area contributed by atoms with E-state index in [9.17, 15) is 19.8 Å². The van der Waals surface area contributed by atoms with Gasteiger partial charge in [0.15, 0.2) is 5.78 Å². The molecule has 114 valence electrons. The van der Waals surface area contributed by atoms with Crippen molar-refractivity contribution in [2.75, 3.05) is 0 Å². The highest BCUT2D eigenvalue weighted by molar-refractivity contribution is 5.98. The highest BCUT2D eigenvalue weighted by atomic mass is 16.4. The van der Waals surface area contributed by atoms with Gasteiger partial charge in [0.25, 0.3) is 0 Å². The SMILES string of the molecule is Cc1ccc(C(=O)CC(Cc2ccc(O)cc2)C(=O)O)cc1. The Bertz CT molecular complexity index is 656. The second kappa shape index (κ2) is 6.89. The molecule has 0 bridgehead atoms. The molecule has 0 aliphatic heterocycles. The predicted molar refractivity (Wildman–Crippen MR) is 83.1 cm³/mol. The molecule has 2 aromatic rings. The van der Waals surface area contributed by atoms with Crippen LogP contribution in [0.15, 0.2) is 48.5 Å². The maximum Gasteiger partial charge on any atom is 0.307 e. The number of rotatable bonds is 6. The second-order valence-corrected chi connectivity index (χ2v) is 5.40. The number of aliphatic carboxylic acids is 1. The maximum atomic E-state index is 12.2. The van der Waals surface area contributed by atoms with Crippen LogP contribution >= 0.6 is 0 Å². The van der Waals surface area contributed by atoms with Gasteiger partial charge < -0.3 is 10.2 Å². The fraction of sp³-hybridized carbons (Fsp3) is 0.222. The summed E-state index contributed by atoms with van der Waals surface area (Å²) >= 11 is 0. The van der Waals surface area contributed by atoms with Gasteiger partial charge in [-0.25, -0.2) is 0 Å². The molecule has 0 amide bonds. The maximum absolute atomic E-state index is 12.2. The van der Waals surface area contributed by atoms with E-state index in [4.69, 9.17) is 0 Å². The number of Topliss-reactive ketones (excluding diaryl/α,β-unsaturated/α-hetero) is 1. The quantitative estimate of drug-likeness (QED) is 0.803. The molecule has 0 spiro atoms. The third-order valence-corrected chi connectivity index (χ3v) is 3.57. The van der Waals surface area contributed by atoms with Crippen molar-refractivity contribution in [3.05, 3.63) is 65.2 Å². The molecule has 4 nitrogen and oxygen atoms in total.